The zero-order valence-electron chi connectivity index (χ0n) is 16.5. The highest BCUT2D eigenvalue weighted by Crippen LogP contribution is 2.37. The average molecular weight is 463 g/mol. The molecule has 0 spiro atoms. The smallest absolute Gasteiger partial charge is 0.416 e. The van der Waals surface area contributed by atoms with Gasteiger partial charge in [-0.15, -0.1) is 0 Å². The van der Waals surface area contributed by atoms with Crippen LogP contribution in [0.1, 0.15) is 35.2 Å². The van der Waals surface area contributed by atoms with Crippen molar-refractivity contribution >= 4 is 27.4 Å². The number of anilines is 2. The van der Waals surface area contributed by atoms with E-state index in [1.54, 1.807) is 4.90 Å². The van der Waals surface area contributed by atoms with Crippen LogP contribution in [0.15, 0.2) is 41.3 Å². The standard InChI is InChI=1S/C19H18F4N2O4S.H3N/c20-14-6-4-12(18(26)27)10-17(14)30(28,29)24-15-11-13(19(21,22)23)5-7-16(15)25-8-2-1-3-9-25;/h4-7,10-11,24H,1-3,8-9H2,(H,26,27);1H3. The highest BCUT2D eigenvalue weighted by atomic mass is 32.2. The molecule has 0 aliphatic carbocycles. The molecule has 0 bridgehead atoms. The van der Waals surface area contributed by atoms with Crippen molar-refractivity contribution in [2.75, 3.05) is 22.7 Å². The van der Waals surface area contributed by atoms with Gasteiger partial charge in [-0.25, -0.2) is 12.8 Å². The van der Waals surface area contributed by atoms with Gasteiger partial charge in [0.2, 0.25) is 0 Å². The van der Waals surface area contributed by atoms with Crippen LogP contribution in [0.25, 0.3) is 0 Å². The second kappa shape index (κ2) is 9.10. The number of carbonyl (C=O) groups excluding carboxylic acids is 1. The van der Waals surface area contributed by atoms with E-state index in [9.17, 15) is 35.9 Å². The third-order valence-corrected chi connectivity index (χ3v) is 6.10. The fourth-order valence-corrected chi connectivity index (χ4v) is 4.41. The molecule has 0 amide bonds. The molecule has 31 heavy (non-hydrogen) atoms. The first-order valence-electron chi connectivity index (χ1n) is 8.99. The number of halogens is 4. The quantitative estimate of drug-likeness (QED) is 0.658. The van der Waals surface area contributed by atoms with Gasteiger partial charge in [-0.05, 0) is 55.2 Å². The molecule has 3 rings (SSSR count). The molecule has 7 nitrogen and oxygen atoms in total. The number of nitrogens with one attached hydrogen (secondary N) is 1. The van der Waals surface area contributed by atoms with E-state index in [1.807, 2.05) is 4.72 Å². The van der Waals surface area contributed by atoms with E-state index < -0.39 is 44.0 Å². The molecule has 2 aromatic rings. The van der Waals surface area contributed by atoms with Crippen LogP contribution in [0, 0.1) is 5.82 Å². The van der Waals surface area contributed by atoms with Crippen molar-refractivity contribution in [3.63, 3.8) is 0 Å². The van der Waals surface area contributed by atoms with Crippen molar-refractivity contribution in [3.05, 3.63) is 53.3 Å². The third-order valence-electron chi connectivity index (χ3n) is 4.72. The van der Waals surface area contributed by atoms with E-state index in [2.05, 4.69) is 0 Å². The van der Waals surface area contributed by atoms with Gasteiger partial charge in [-0.2, -0.15) is 13.2 Å². The Balaban J connectivity index is 0.00000341. The summed E-state index contributed by atoms with van der Waals surface area (Å²) >= 11 is 0. The molecular weight excluding hydrogens is 442 g/mol. The molecule has 0 aromatic heterocycles. The van der Waals surface area contributed by atoms with Crippen molar-refractivity contribution in [1.82, 2.24) is 6.15 Å². The van der Waals surface area contributed by atoms with Crippen molar-refractivity contribution < 1.29 is 35.9 Å². The minimum absolute atomic E-state index is 0. The number of carboxylic acids is 1. The predicted molar refractivity (Wildman–Crippen MR) is 105 cm³/mol. The molecule has 2 aromatic carbocycles. The summed E-state index contributed by atoms with van der Waals surface area (Å²) in [6, 6.07) is 4.67. The van der Waals surface area contributed by atoms with Crippen LogP contribution in [-0.2, 0) is 16.2 Å². The number of alkyl halides is 3. The Bertz CT molecular complexity index is 1070. The lowest BCUT2D eigenvalue weighted by molar-refractivity contribution is -0.255. The van der Waals surface area contributed by atoms with Crippen molar-refractivity contribution in [2.45, 2.75) is 30.3 Å². The normalized spacial score (nSPS) is 14.6. The first-order valence-corrected chi connectivity index (χ1v) is 10.5. The lowest BCUT2D eigenvalue weighted by atomic mass is 10.1. The molecule has 1 heterocycles. The first kappa shape index (κ1) is 24.4. The van der Waals surface area contributed by atoms with E-state index in [4.69, 9.17) is 0 Å². The maximum Gasteiger partial charge on any atom is 0.416 e. The van der Waals surface area contributed by atoms with Gasteiger partial charge in [0.25, 0.3) is 10.0 Å². The molecule has 1 fully saturated rings. The van der Waals surface area contributed by atoms with E-state index >= 15 is 0 Å². The second-order valence-corrected chi connectivity index (χ2v) is 8.47. The first-order chi connectivity index (χ1) is 14.0. The van der Waals surface area contributed by atoms with Gasteiger partial charge < -0.3 is 21.0 Å². The van der Waals surface area contributed by atoms with E-state index in [1.165, 1.54) is 6.07 Å². The monoisotopic (exact) mass is 463 g/mol. The number of rotatable bonds is 5. The predicted octanol–water partition coefficient (Wildman–Crippen LogP) is 3.38. The van der Waals surface area contributed by atoms with E-state index in [0.717, 1.165) is 31.4 Å². The number of carbonyl (C=O) groups is 1. The van der Waals surface area contributed by atoms with E-state index in [-0.39, 0.29) is 17.5 Å². The Kier molecular flexibility index (Phi) is 7.17. The molecule has 0 unspecified atom stereocenters. The van der Waals surface area contributed by atoms with Crippen LogP contribution in [0.5, 0.6) is 0 Å². The number of nitrogens with zero attached hydrogens (tertiary/aromatic N) is 1. The number of benzene rings is 2. The average Bonchev–Trinajstić information content (AvgIpc) is 2.67. The Labute approximate surface area is 176 Å². The van der Waals surface area contributed by atoms with Crippen LogP contribution in [0.3, 0.4) is 0 Å². The molecule has 12 heteroatoms. The zero-order valence-corrected chi connectivity index (χ0v) is 17.3. The Morgan fingerprint density at radius 3 is 2.26 bits per heavy atom. The van der Waals surface area contributed by atoms with Crippen LogP contribution < -0.4 is 20.9 Å². The topological polar surface area (TPSA) is 126 Å². The van der Waals surface area contributed by atoms with Crippen LogP contribution in [0.4, 0.5) is 28.9 Å². The van der Waals surface area contributed by atoms with Gasteiger partial charge in [-0.3, -0.25) is 4.72 Å². The lowest BCUT2D eigenvalue weighted by Crippen LogP contribution is -2.30. The van der Waals surface area contributed by atoms with Gasteiger partial charge in [-0.1, -0.05) is 6.07 Å². The van der Waals surface area contributed by atoms with Gasteiger partial charge in [0, 0.05) is 13.1 Å². The maximum atomic E-state index is 14.1. The molecule has 0 radical (unpaired) electrons. The molecule has 0 atom stereocenters. The summed E-state index contributed by atoms with van der Waals surface area (Å²) in [4.78, 5) is 11.7. The molecule has 1 saturated heterocycles. The molecule has 1 aliphatic rings. The van der Waals surface area contributed by atoms with Crippen molar-refractivity contribution in [1.29, 1.82) is 0 Å². The highest BCUT2D eigenvalue weighted by Gasteiger charge is 2.32. The van der Waals surface area contributed by atoms with Gasteiger partial charge >= 0.3 is 6.18 Å². The van der Waals surface area contributed by atoms with Gasteiger partial charge in [0.1, 0.15) is 10.7 Å². The summed E-state index contributed by atoms with van der Waals surface area (Å²) in [5, 5.41) is 11.0. The van der Waals surface area contributed by atoms with Crippen LogP contribution in [0.2, 0.25) is 0 Å². The molecule has 1 aliphatic heterocycles. The van der Waals surface area contributed by atoms with Crippen molar-refractivity contribution in [3.8, 4) is 0 Å². The highest BCUT2D eigenvalue weighted by molar-refractivity contribution is 7.92. The Hall–Kier alpha value is -2.86. The number of hydrogen-bond acceptors (Lipinski definition) is 5. The number of piperidine rings is 1. The summed E-state index contributed by atoms with van der Waals surface area (Å²) in [6.07, 6.45) is -2.20. The minimum atomic E-state index is -4.73. The lowest BCUT2D eigenvalue weighted by Gasteiger charge is -2.31. The largest absolute Gasteiger partial charge is 0.545 e. The summed E-state index contributed by atoms with van der Waals surface area (Å²) in [7, 11) is -4.73. The number of carboxylic acid groups (broad SMARTS) is 1. The van der Waals surface area contributed by atoms with Gasteiger partial charge in [0.15, 0.2) is 0 Å². The summed E-state index contributed by atoms with van der Waals surface area (Å²) in [6.45, 7) is 1.04. The SMILES string of the molecule is O=C([O-])c1ccc(F)c(S(=O)(=O)Nc2cc(C(F)(F)F)ccc2N2CCCCC2)c1.[NH4+]. The minimum Gasteiger partial charge on any atom is -0.545 e. The fourth-order valence-electron chi connectivity index (χ4n) is 3.24. The number of sulfonamides is 1. The molecular formula is C19H21F4N3O4S. The number of aromatic carboxylic acids is 1. The molecule has 170 valence electrons. The summed E-state index contributed by atoms with van der Waals surface area (Å²) in [5.74, 6) is -2.97. The third kappa shape index (κ3) is 5.44. The fraction of sp³-hybridized carbons (Fsp3) is 0.316. The summed E-state index contributed by atoms with van der Waals surface area (Å²) < 4.78 is 81.1. The van der Waals surface area contributed by atoms with Gasteiger partial charge in [0.05, 0.1) is 22.9 Å². The Morgan fingerprint density at radius 1 is 1.03 bits per heavy atom. The van der Waals surface area contributed by atoms with Crippen LogP contribution >= 0.6 is 0 Å². The van der Waals surface area contributed by atoms with Crippen LogP contribution in [-0.4, -0.2) is 27.5 Å². The molecule has 0 saturated carbocycles. The molecule has 5 N–H and O–H groups in total. The number of quaternary nitrogens is 1. The summed E-state index contributed by atoms with van der Waals surface area (Å²) in [5.41, 5.74) is -1.81. The zero-order chi connectivity index (χ0) is 22.1. The second-order valence-electron chi connectivity index (χ2n) is 6.82. The van der Waals surface area contributed by atoms with E-state index in [0.29, 0.717) is 31.3 Å². The number of hydrogen-bond donors (Lipinski definition) is 2. The maximum absolute atomic E-state index is 14.1. The Morgan fingerprint density at radius 2 is 1.68 bits per heavy atom. The van der Waals surface area contributed by atoms with Crippen molar-refractivity contribution in [2.24, 2.45) is 0 Å².